The molecule has 1 aliphatic rings. The average molecular weight is 156 g/mol. The molecule has 0 aromatic heterocycles. The quantitative estimate of drug-likeness (QED) is 0.594. The van der Waals surface area contributed by atoms with E-state index in [0.717, 1.165) is 6.54 Å². The second kappa shape index (κ2) is 2.76. The lowest BCUT2D eigenvalue weighted by Crippen LogP contribution is -2.40. The van der Waals surface area contributed by atoms with Crippen molar-refractivity contribution in [2.45, 2.75) is 33.2 Å². The molecule has 0 radical (unpaired) electrons. The topological polar surface area (TPSA) is 52.0 Å². The fraction of sp³-hybridized carbons (Fsp3) is 1.00. The minimum absolute atomic E-state index is 0.294. The molecule has 0 aliphatic heterocycles. The Bertz CT molecular complexity index is 142. The first-order valence-corrected chi connectivity index (χ1v) is 4.44. The molecule has 0 spiro atoms. The summed E-state index contributed by atoms with van der Waals surface area (Å²) in [6.07, 6.45) is 1.22. The van der Waals surface area contributed by atoms with Crippen LogP contribution >= 0.6 is 0 Å². The standard InChI is InChI=1S/C9H20N2/c1-6-4-9(2,3)8(11)7(6)5-10/h6-8H,4-5,10-11H2,1-3H3. The van der Waals surface area contributed by atoms with Crippen LogP contribution in [0.5, 0.6) is 0 Å². The first-order chi connectivity index (χ1) is 4.99. The van der Waals surface area contributed by atoms with E-state index in [-0.39, 0.29) is 0 Å². The Labute approximate surface area is 69.3 Å². The van der Waals surface area contributed by atoms with Crippen molar-refractivity contribution in [3.05, 3.63) is 0 Å². The van der Waals surface area contributed by atoms with Crippen LogP contribution in [0.3, 0.4) is 0 Å². The third-order valence-electron chi connectivity index (χ3n) is 3.21. The summed E-state index contributed by atoms with van der Waals surface area (Å²) in [5.74, 6) is 1.23. The third-order valence-corrected chi connectivity index (χ3v) is 3.21. The van der Waals surface area contributed by atoms with E-state index in [4.69, 9.17) is 11.5 Å². The largest absolute Gasteiger partial charge is 0.330 e. The highest BCUT2D eigenvalue weighted by Crippen LogP contribution is 2.43. The van der Waals surface area contributed by atoms with Crippen LogP contribution in [-0.2, 0) is 0 Å². The van der Waals surface area contributed by atoms with Gasteiger partial charge in [-0.25, -0.2) is 0 Å². The molecule has 0 amide bonds. The molecule has 11 heavy (non-hydrogen) atoms. The zero-order valence-electron chi connectivity index (χ0n) is 7.80. The Morgan fingerprint density at radius 1 is 1.45 bits per heavy atom. The molecule has 4 N–H and O–H groups in total. The molecule has 1 saturated carbocycles. The predicted molar refractivity (Wildman–Crippen MR) is 48.1 cm³/mol. The molecule has 0 saturated heterocycles. The highest BCUT2D eigenvalue weighted by molar-refractivity contribution is 4.97. The summed E-state index contributed by atoms with van der Waals surface area (Å²) in [5, 5.41) is 0. The maximum absolute atomic E-state index is 6.08. The smallest absolute Gasteiger partial charge is 0.0133 e. The van der Waals surface area contributed by atoms with Gasteiger partial charge in [-0.3, -0.25) is 0 Å². The number of hydrogen-bond donors (Lipinski definition) is 2. The molecule has 3 atom stereocenters. The van der Waals surface area contributed by atoms with E-state index < -0.39 is 0 Å². The van der Waals surface area contributed by atoms with E-state index in [1.165, 1.54) is 6.42 Å². The molecule has 2 heteroatoms. The fourth-order valence-corrected chi connectivity index (χ4v) is 2.43. The predicted octanol–water partition coefficient (Wildman–Crippen LogP) is 0.955. The van der Waals surface area contributed by atoms with Gasteiger partial charge >= 0.3 is 0 Å². The summed E-state index contributed by atoms with van der Waals surface area (Å²) < 4.78 is 0. The van der Waals surface area contributed by atoms with Gasteiger partial charge in [-0.15, -0.1) is 0 Å². The molecule has 0 bridgehead atoms. The van der Waals surface area contributed by atoms with Crippen LogP contribution in [-0.4, -0.2) is 12.6 Å². The maximum Gasteiger partial charge on any atom is 0.0133 e. The van der Waals surface area contributed by atoms with Crippen LogP contribution in [0.15, 0.2) is 0 Å². The summed E-state index contributed by atoms with van der Waals surface area (Å²) in [7, 11) is 0. The van der Waals surface area contributed by atoms with E-state index in [1.807, 2.05) is 0 Å². The molecular formula is C9H20N2. The van der Waals surface area contributed by atoms with Gasteiger partial charge in [0.25, 0.3) is 0 Å². The van der Waals surface area contributed by atoms with E-state index in [9.17, 15) is 0 Å². The van der Waals surface area contributed by atoms with Gasteiger partial charge in [-0.1, -0.05) is 20.8 Å². The van der Waals surface area contributed by atoms with Crippen LogP contribution in [0, 0.1) is 17.3 Å². The monoisotopic (exact) mass is 156 g/mol. The van der Waals surface area contributed by atoms with Crippen molar-refractivity contribution in [2.75, 3.05) is 6.54 Å². The van der Waals surface area contributed by atoms with E-state index in [0.29, 0.717) is 23.3 Å². The van der Waals surface area contributed by atoms with Gasteiger partial charge in [0.05, 0.1) is 0 Å². The van der Waals surface area contributed by atoms with Crippen molar-refractivity contribution in [2.24, 2.45) is 28.7 Å². The van der Waals surface area contributed by atoms with Crippen molar-refractivity contribution in [1.29, 1.82) is 0 Å². The van der Waals surface area contributed by atoms with Gasteiger partial charge in [0.1, 0.15) is 0 Å². The number of hydrogen-bond acceptors (Lipinski definition) is 2. The minimum Gasteiger partial charge on any atom is -0.330 e. The normalized spacial score (nSPS) is 42.8. The van der Waals surface area contributed by atoms with E-state index in [1.54, 1.807) is 0 Å². The summed E-state index contributed by atoms with van der Waals surface area (Å²) >= 11 is 0. The summed E-state index contributed by atoms with van der Waals surface area (Å²) in [4.78, 5) is 0. The number of rotatable bonds is 1. The summed E-state index contributed by atoms with van der Waals surface area (Å²) in [6.45, 7) is 7.48. The number of nitrogens with two attached hydrogens (primary N) is 2. The molecular weight excluding hydrogens is 136 g/mol. The van der Waals surface area contributed by atoms with Gasteiger partial charge in [0.15, 0.2) is 0 Å². The zero-order chi connectivity index (χ0) is 8.65. The zero-order valence-corrected chi connectivity index (χ0v) is 7.80. The summed E-state index contributed by atoms with van der Waals surface area (Å²) in [6, 6.07) is 0.294. The van der Waals surface area contributed by atoms with E-state index in [2.05, 4.69) is 20.8 Å². The second-order valence-electron chi connectivity index (χ2n) is 4.60. The Balaban J connectivity index is 2.71. The van der Waals surface area contributed by atoms with Gasteiger partial charge in [-0.2, -0.15) is 0 Å². The minimum atomic E-state index is 0.294. The second-order valence-corrected chi connectivity index (χ2v) is 4.60. The third kappa shape index (κ3) is 1.42. The van der Waals surface area contributed by atoms with Crippen LogP contribution < -0.4 is 11.5 Å². The van der Waals surface area contributed by atoms with Gasteiger partial charge in [-0.05, 0) is 30.2 Å². The first kappa shape index (κ1) is 9.01. The maximum atomic E-state index is 6.08. The molecule has 0 aromatic carbocycles. The van der Waals surface area contributed by atoms with Crippen molar-refractivity contribution >= 4 is 0 Å². The van der Waals surface area contributed by atoms with Gasteiger partial charge in [0.2, 0.25) is 0 Å². The lowest BCUT2D eigenvalue weighted by Gasteiger charge is -2.26. The van der Waals surface area contributed by atoms with Crippen molar-refractivity contribution in [1.82, 2.24) is 0 Å². The molecule has 2 nitrogen and oxygen atoms in total. The fourth-order valence-electron chi connectivity index (χ4n) is 2.43. The summed E-state index contributed by atoms with van der Waals surface area (Å²) in [5.41, 5.74) is 12.0. The molecule has 1 fully saturated rings. The van der Waals surface area contributed by atoms with Crippen LogP contribution in [0.2, 0.25) is 0 Å². The molecule has 0 heterocycles. The van der Waals surface area contributed by atoms with Crippen molar-refractivity contribution in [3.8, 4) is 0 Å². The van der Waals surface area contributed by atoms with Crippen LogP contribution in [0.25, 0.3) is 0 Å². The lowest BCUT2D eigenvalue weighted by atomic mass is 9.86. The molecule has 1 rings (SSSR count). The highest BCUT2D eigenvalue weighted by atomic mass is 14.8. The van der Waals surface area contributed by atoms with Gasteiger partial charge < -0.3 is 11.5 Å². The highest BCUT2D eigenvalue weighted by Gasteiger charge is 2.43. The Kier molecular flexibility index (Phi) is 2.26. The van der Waals surface area contributed by atoms with E-state index >= 15 is 0 Å². The molecule has 1 aliphatic carbocycles. The molecule has 66 valence electrons. The SMILES string of the molecule is CC1CC(C)(C)C(N)C1CN. The van der Waals surface area contributed by atoms with Crippen LogP contribution in [0.1, 0.15) is 27.2 Å². The molecule has 3 unspecified atom stereocenters. The van der Waals surface area contributed by atoms with Crippen molar-refractivity contribution < 1.29 is 0 Å². The lowest BCUT2D eigenvalue weighted by molar-refractivity contribution is 0.302. The Morgan fingerprint density at radius 2 is 2.00 bits per heavy atom. The average Bonchev–Trinajstić information content (AvgIpc) is 2.04. The van der Waals surface area contributed by atoms with Crippen LogP contribution in [0.4, 0.5) is 0 Å². The van der Waals surface area contributed by atoms with Gasteiger partial charge in [0, 0.05) is 6.04 Å². The van der Waals surface area contributed by atoms with Crippen molar-refractivity contribution in [3.63, 3.8) is 0 Å². The Hall–Kier alpha value is -0.0800. The molecule has 0 aromatic rings. The Morgan fingerprint density at radius 3 is 2.18 bits per heavy atom. The first-order valence-electron chi connectivity index (χ1n) is 4.44.